The van der Waals surface area contributed by atoms with Crippen molar-refractivity contribution >= 4 is 12.0 Å². The monoisotopic (exact) mass is 263 g/mol. The molecule has 0 radical (unpaired) electrons. The van der Waals surface area contributed by atoms with E-state index in [9.17, 15) is 9.90 Å². The molecule has 0 N–H and O–H groups in total. The van der Waals surface area contributed by atoms with Gasteiger partial charge < -0.3 is 14.3 Å². The topological polar surface area (TPSA) is 101 Å². The third kappa shape index (κ3) is 2.74. The summed E-state index contributed by atoms with van der Waals surface area (Å²) in [6.07, 6.45) is 1.31. The average molecular weight is 263 g/mol. The summed E-state index contributed by atoms with van der Waals surface area (Å²) in [5.74, 6) is -0.485. The van der Waals surface area contributed by atoms with Gasteiger partial charge in [-0.25, -0.2) is 0 Å². The molecule has 20 heavy (non-hydrogen) atoms. The number of benzene rings is 1. The molecular formula is C15H7N2O3-. The summed E-state index contributed by atoms with van der Waals surface area (Å²) in [4.78, 5) is 10.8. The van der Waals surface area contributed by atoms with Crippen LogP contribution in [0, 0.1) is 22.7 Å². The van der Waals surface area contributed by atoms with E-state index in [4.69, 9.17) is 14.9 Å². The smallest absolute Gasteiger partial charge is 0.134 e. The highest BCUT2D eigenvalue weighted by Gasteiger charge is 2.05. The maximum atomic E-state index is 10.8. The minimum absolute atomic E-state index is 0.0470. The number of furan rings is 1. The van der Waals surface area contributed by atoms with Crippen molar-refractivity contribution in [3.63, 3.8) is 0 Å². The Kier molecular flexibility index (Phi) is 3.65. The Morgan fingerprint density at radius 2 is 1.95 bits per heavy atom. The van der Waals surface area contributed by atoms with Gasteiger partial charge >= 0.3 is 0 Å². The second kappa shape index (κ2) is 5.55. The van der Waals surface area contributed by atoms with Crippen molar-refractivity contribution < 1.29 is 14.3 Å². The molecule has 2 aromatic rings. The SMILES string of the molecule is N#CC(C#N)=Cc1ccc(-c2cccc(C(=O)[O-])c2)o1. The van der Waals surface area contributed by atoms with E-state index in [1.807, 2.05) is 0 Å². The Morgan fingerprint density at radius 3 is 2.60 bits per heavy atom. The predicted molar refractivity (Wildman–Crippen MR) is 67.7 cm³/mol. The van der Waals surface area contributed by atoms with Gasteiger partial charge in [-0.1, -0.05) is 18.2 Å². The van der Waals surface area contributed by atoms with Crippen LogP contribution in [0.2, 0.25) is 0 Å². The molecule has 0 fully saturated rings. The van der Waals surface area contributed by atoms with Gasteiger partial charge in [0.2, 0.25) is 0 Å². The number of aromatic carboxylic acids is 1. The Balaban J connectivity index is 2.37. The lowest BCUT2D eigenvalue weighted by atomic mass is 10.1. The summed E-state index contributed by atoms with van der Waals surface area (Å²) < 4.78 is 5.45. The van der Waals surface area contributed by atoms with Crippen molar-refractivity contribution in [2.75, 3.05) is 0 Å². The molecule has 0 bridgehead atoms. The van der Waals surface area contributed by atoms with Crippen LogP contribution in [0.4, 0.5) is 0 Å². The van der Waals surface area contributed by atoms with E-state index in [2.05, 4.69) is 0 Å². The number of rotatable bonds is 3. The van der Waals surface area contributed by atoms with Crippen molar-refractivity contribution in [1.29, 1.82) is 10.5 Å². The van der Waals surface area contributed by atoms with Crippen LogP contribution in [0.25, 0.3) is 17.4 Å². The zero-order chi connectivity index (χ0) is 14.5. The van der Waals surface area contributed by atoms with Gasteiger partial charge in [0, 0.05) is 11.6 Å². The van der Waals surface area contributed by atoms with Gasteiger partial charge in [0.1, 0.15) is 29.2 Å². The molecule has 1 heterocycles. The molecule has 2 rings (SSSR count). The minimum Gasteiger partial charge on any atom is -0.545 e. The van der Waals surface area contributed by atoms with Gasteiger partial charge in [-0.15, -0.1) is 0 Å². The highest BCUT2D eigenvalue weighted by molar-refractivity contribution is 5.87. The van der Waals surface area contributed by atoms with E-state index in [-0.39, 0.29) is 11.1 Å². The largest absolute Gasteiger partial charge is 0.545 e. The number of nitrogens with zero attached hydrogens (tertiary/aromatic N) is 2. The van der Waals surface area contributed by atoms with Crippen LogP contribution in [0.1, 0.15) is 16.1 Å². The third-order valence-corrected chi connectivity index (χ3v) is 2.54. The average Bonchev–Trinajstić information content (AvgIpc) is 2.93. The Morgan fingerprint density at radius 1 is 1.20 bits per heavy atom. The van der Waals surface area contributed by atoms with E-state index in [0.717, 1.165) is 0 Å². The van der Waals surface area contributed by atoms with Gasteiger partial charge in [0.25, 0.3) is 0 Å². The summed E-state index contributed by atoms with van der Waals surface area (Å²) in [7, 11) is 0. The second-order valence-electron chi connectivity index (χ2n) is 3.85. The lowest BCUT2D eigenvalue weighted by Gasteiger charge is -2.03. The summed E-state index contributed by atoms with van der Waals surface area (Å²) in [6, 6.07) is 12.8. The van der Waals surface area contributed by atoms with Crippen LogP contribution >= 0.6 is 0 Å². The number of hydrogen-bond acceptors (Lipinski definition) is 5. The standard InChI is InChI=1S/C15H8N2O3/c16-8-10(9-17)6-13-4-5-14(20-13)11-2-1-3-12(7-11)15(18)19/h1-7H,(H,18,19)/p-1. The van der Waals surface area contributed by atoms with E-state index in [1.165, 1.54) is 18.2 Å². The Bertz CT molecular complexity index is 757. The van der Waals surface area contributed by atoms with Crippen LogP contribution < -0.4 is 5.11 Å². The third-order valence-electron chi connectivity index (χ3n) is 2.54. The number of carbonyl (C=O) groups excluding carboxylic acids is 1. The van der Waals surface area contributed by atoms with Gasteiger partial charge in [0.15, 0.2) is 0 Å². The van der Waals surface area contributed by atoms with Crippen molar-refractivity contribution in [3.05, 3.63) is 53.3 Å². The van der Waals surface area contributed by atoms with Crippen molar-refractivity contribution in [3.8, 4) is 23.5 Å². The number of nitriles is 2. The highest BCUT2D eigenvalue weighted by atomic mass is 16.4. The second-order valence-corrected chi connectivity index (χ2v) is 3.85. The Labute approximate surface area is 114 Å². The van der Waals surface area contributed by atoms with E-state index < -0.39 is 5.97 Å². The minimum atomic E-state index is -1.27. The molecule has 0 saturated heterocycles. The van der Waals surface area contributed by atoms with Crippen molar-refractivity contribution in [1.82, 2.24) is 0 Å². The first kappa shape index (κ1) is 13.1. The molecular weight excluding hydrogens is 256 g/mol. The summed E-state index contributed by atoms with van der Waals surface area (Å²) in [5, 5.41) is 28.1. The number of carbonyl (C=O) groups is 1. The fraction of sp³-hybridized carbons (Fsp3) is 0. The molecule has 1 aromatic carbocycles. The number of hydrogen-bond donors (Lipinski definition) is 0. The molecule has 0 aliphatic carbocycles. The quantitative estimate of drug-likeness (QED) is 0.785. The molecule has 0 saturated carbocycles. The summed E-state index contributed by atoms with van der Waals surface area (Å²) >= 11 is 0. The van der Waals surface area contributed by atoms with Gasteiger partial charge in [-0.05, 0) is 23.8 Å². The molecule has 5 nitrogen and oxygen atoms in total. The first-order chi connectivity index (χ1) is 9.63. The molecule has 96 valence electrons. The normalized spacial score (nSPS) is 9.30. The lowest BCUT2D eigenvalue weighted by Crippen LogP contribution is -2.22. The molecule has 0 atom stereocenters. The Hall–Kier alpha value is -3.31. The predicted octanol–water partition coefficient (Wildman–Crippen LogP) is 1.74. The van der Waals surface area contributed by atoms with Crippen LogP contribution in [0.5, 0.6) is 0 Å². The number of allylic oxidation sites excluding steroid dienone is 1. The van der Waals surface area contributed by atoms with E-state index >= 15 is 0 Å². The molecule has 0 aliphatic heterocycles. The first-order valence-corrected chi connectivity index (χ1v) is 5.57. The molecule has 0 unspecified atom stereocenters. The van der Waals surface area contributed by atoms with Gasteiger partial charge in [0.05, 0.1) is 5.97 Å². The van der Waals surface area contributed by atoms with E-state index in [1.54, 1.807) is 36.4 Å². The number of carboxylic acid groups (broad SMARTS) is 1. The lowest BCUT2D eigenvalue weighted by molar-refractivity contribution is -0.255. The highest BCUT2D eigenvalue weighted by Crippen LogP contribution is 2.24. The van der Waals surface area contributed by atoms with Crippen molar-refractivity contribution in [2.45, 2.75) is 0 Å². The van der Waals surface area contributed by atoms with E-state index in [0.29, 0.717) is 17.1 Å². The van der Waals surface area contributed by atoms with Gasteiger partial charge in [-0.2, -0.15) is 10.5 Å². The van der Waals surface area contributed by atoms with Crippen molar-refractivity contribution in [2.24, 2.45) is 0 Å². The zero-order valence-corrected chi connectivity index (χ0v) is 10.2. The molecule has 0 amide bonds. The molecule has 1 aromatic heterocycles. The fourth-order valence-corrected chi connectivity index (χ4v) is 1.62. The fourth-order valence-electron chi connectivity index (χ4n) is 1.62. The van der Waals surface area contributed by atoms with Crippen LogP contribution in [-0.2, 0) is 0 Å². The summed E-state index contributed by atoms with van der Waals surface area (Å²) in [5.41, 5.74) is 0.543. The first-order valence-electron chi connectivity index (χ1n) is 5.57. The maximum Gasteiger partial charge on any atom is 0.134 e. The maximum absolute atomic E-state index is 10.8. The molecule has 0 spiro atoms. The zero-order valence-electron chi connectivity index (χ0n) is 10.2. The number of carboxylic acids is 1. The van der Waals surface area contributed by atoms with Crippen LogP contribution in [0.15, 0.2) is 46.4 Å². The van der Waals surface area contributed by atoms with Crippen LogP contribution in [-0.4, -0.2) is 5.97 Å². The molecule has 0 aliphatic rings. The summed E-state index contributed by atoms with van der Waals surface area (Å²) in [6.45, 7) is 0. The van der Waals surface area contributed by atoms with Crippen LogP contribution in [0.3, 0.4) is 0 Å². The van der Waals surface area contributed by atoms with Gasteiger partial charge in [-0.3, -0.25) is 0 Å². The molecule has 5 heteroatoms.